The minimum Gasteiger partial charge on any atom is -0.480 e. The van der Waals surface area contributed by atoms with E-state index in [4.69, 9.17) is 37.7 Å². The largest absolute Gasteiger partial charge is 0.480 e. The molecule has 2 aliphatic rings. The molecule has 250 valence electrons. The molecule has 2 aromatic heterocycles. The monoisotopic (exact) mass is 689 g/mol. The van der Waals surface area contributed by atoms with Crippen LogP contribution in [0.5, 0.6) is 0 Å². The number of pyridine rings is 1. The Hall–Kier alpha value is -4.06. The number of carbonyl (C=O) groups excluding carboxylic acids is 1. The van der Waals surface area contributed by atoms with Crippen molar-refractivity contribution in [1.82, 2.24) is 25.5 Å². The Bertz CT molecular complexity index is 1860. The van der Waals surface area contributed by atoms with Crippen molar-refractivity contribution in [2.45, 2.75) is 55.7 Å². The van der Waals surface area contributed by atoms with Gasteiger partial charge in [0.05, 0.1) is 11.6 Å². The number of rotatable bonds is 11. The lowest BCUT2D eigenvalue weighted by atomic mass is 9.73. The van der Waals surface area contributed by atoms with E-state index in [-0.39, 0.29) is 18.2 Å². The van der Waals surface area contributed by atoms with Gasteiger partial charge in [0.2, 0.25) is 5.89 Å². The number of aliphatic hydroxyl groups excluding tert-OH is 1. The van der Waals surface area contributed by atoms with Crippen LogP contribution in [0.15, 0.2) is 83.4 Å². The number of carboxylic acid groups (broad SMARTS) is 1. The van der Waals surface area contributed by atoms with E-state index in [1.807, 2.05) is 60.4 Å². The number of alkyl halides is 1. The maximum absolute atomic E-state index is 14.0. The highest BCUT2D eigenvalue weighted by atomic mass is 35.5. The van der Waals surface area contributed by atoms with E-state index in [9.17, 15) is 14.7 Å². The molecular weight excluding hydrogens is 653 g/mol. The Labute approximate surface area is 288 Å². The number of fused-ring (bicyclic) bond motifs is 1. The molecule has 4 N–H and O–H groups in total. The van der Waals surface area contributed by atoms with E-state index < -0.39 is 28.3 Å². The number of nitrogens with one attached hydrogen (secondary N) is 2. The van der Waals surface area contributed by atoms with E-state index in [0.717, 1.165) is 35.1 Å². The number of likely N-dealkylation sites (tertiary alicyclic amines) is 1. The van der Waals surface area contributed by atoms with Crippen LogP contribution in [-0.4, -0.2) is 67.6 Å². The molecule has 48 heavy (non-hydrogen) atoms. The first-order valence-electron chi connectivity index (χ1n) is 15.9. The van der Waals surface area contributed by atoms with Gasteiger partial charge in [-0.05, 0) is 72.8 Å². The van der Waals surface area contributed by atoms with Crippen molar-refractivity contribution < 1.29 is 24.2 Å². The van der Waals surface area contributed by atoms with Gasteiger partial charge in [0.25, 0.3) is 5.91 Å². The van der Waals surface area contributed by atoms with Gasteiger partial charge in [0.15, 0.2) is 11.1 Å². The summed E-state index contributed by atoms with van der Waals surface area (Å²) >= 11 is 14.3. The zero-order valence-electron chi connectivity index (χ0n) is 26.5. The summed E-state index contributed by atoms with van der Waals surface area (Å²) in [6.45, 7) is 3.83. The molecule has 10 nitrogen and oxygen atoms in total. The highest BCUT2D eigenvalue weighted by molar-refractivity contribution is 6.35. The SMILES string of the molecule is CC1(Cl)C(c2ccccc2)=CC=CC1(NC(=O)c1ccc(CNCCO)cn1)c1nc2cc(CN3CCCCC3C(=O)O)cc(Cl)c2o1. The fourth-order valence-corrected chi connectivity index (χ4v) is 7.14. The lowest BCUT2D eigenvalue weighted by Gasteiger charge is -2.44. The fraction of sp³-hybridized carbons (Fsp3) is 0.333. The molecule has 2 aromatic carbocycles. The highest BCUT2D eigenvalue weighted by Gasteiger charge is 2.55. The predicted molar refractivity (Wildman–Crippen MR) is 185 cm³/mol. The zero-order valence-corrected chi connectivity index (χ0v) is 28.0. The number of aliphatic carboxylic acids is 1. The van der Waals surface area contributed by atoms with Gasteiger partial charge in [0.1, 0.15) is 22.1 Å². The van der Waals surface area contributed by atoms with Crippen molar-refractivity contribution >= 4 is 51.8 Å². The van der Waals surface area contributed by atoms with E-state index >= 15 is 0 Å². The van der Waals surface area contributed by atoms with Crippen LogP contribution in [0.2, 0.25) is 5.02 Å². The average Bonchev–Trinajstić information content (AvgIpc) is 3.52. The first-order valence-corrected chi connectivity index (χ1v) is 16.7. The molecule has 3 heterocycles. The molecule has 3 unspecified atom stereocenters. The molecule has 1 aliphatic heterocycles. The van der Waals surface area contributed by atoms with Crippen molar-refractivity contribution in [2.75, 3.05) is 19.7 Å². The van der Waals surface area contributed by atoms with Crippen LogP contribution in [0, 0.1) is 0 Å². The van der Waals surface area contributed by atoms with Crippen molar-refractivity contribution in [3.05, 3.63) is 112 Å². The second-order valence-electron chi connectivity index (χ2n) is 12.3. The lowest BCUT2D eigenvalue weighted by Crippen LogP contribution is -2.58. The Kier molecular flexibility index (Phi) is 10.0. The Morgan fingerprint density at radius 3 is 2.67 bits per heavy atom. The molecule has 1 saturated heterocycles. The third kappa shape index (κ3) is 6.63. The average molecular weight is 691 g/mol. The van der Waals surface area contributed by atoms with Crippen LogP contribution < -0.4 is 10.6 Å². The second-order valence-corrected chi connectivity index (χ2v) is 13.5. The summed E-state index contributed by atoms with van der Waals surface area (Å²) in [6, 6.07) is 16.1. The number of carboxylic acids is 1. The van der Waals surface area contributed by atoms with Gasteiger partial charge in [-0.2, -0.15) is 0 Å². The Morgan fingerprint density at radius 1 is 1.12 bits per heavy atom. The molecule has 12 heteroatoms. The number of aromatic nitrogens is 2. The standard InChI is InChI=1S/C36H37Cl2N5O5/c1-35(38)26(25-8-3-2-4-9-25)10-7-14-36(35,42-32(45)28-13-12-23(21-40-28)20-39-15-17-44)34-41-29-19-24(18-27(37)31(29)48-34)22-43-16-6-5-11-30(43)33(46)47/h2-4,7-10,12-14,18-19,21,30,39,44H,5-6,11,15-17,20,22H2,1H3,(H,42,45)(H,46,47). The summed E-state index contributed by atoms with van der Waals surface area (Å²) in [7, 11) is 0. The van der Waals surface area contributed by atoms with E-state index in [1.165, 1.54) is 0 Å². The second kappa shape index (κ2) is 14.2. The third-order valence-corrected chi connectivity index (χ3v) is 9.83. The molecule has 4 aromatic rings. The number of nitrogens with zero attached hydrogens (tertiary/aromatic N) is 3. The van der Waals surface area contributed by atoms with E-state index in [2.05, 4.69) is 15.6 Å². The first-order chi connectivity index (χ1) is 23.1. The van der Waals surface area contributed by atoms with Crippen molar-refractivity contribution in [1.29, 1.82) is 0 Å². The molecule has 0 radical (unpaired) electrons. The molecular formula is C36H37Cl2N5O5. The summed E-state index contributed by atoms with van der Waals surface area (Å²) in [4.78, 5) is 35.8. The van der Waals surface area contributed by atoms with Crippen LogP contribution in [0.25, 0.3) is 16.7 Å². The number of hydrogen-bond donors (Lipinski definition) is 4. The lowest BCUT2D eigenvalue weighted by molar-refractivity contribution is -0.144. The summed E-state index contributed by atoms with van der Waals surface area (Å²) < 4.78 is 6.40. The third-order valence-electron chi connectivity index (χ3n) is 9.05. The molecule has 0 bridgehead atoms. The molecule has 1 aliphatic carbocycles. The van der Waals surface area contributed by atoms with E-state index in [0.29, 0.717) is 48.7 Å². The number of piperidine rings is 1. The van der Waals surface area contributed by atoms with Gasteiger partial charge in [-0.1, -0.05) is 66.6 Å². The smallest absolute Gasteiger partial charge is 0.320 e. The summed E-state index contributed by atoms with van der Waals surface area (Å²) in [5.74, 6) is -1.19. The number of carbonyl (C=O) groups is 2. The van der Waals surface area contributed by atoms with Gasteiger partial charge < -0.3 is 25.3 Å². The topological polar surface area (TPSA) is 141 Å². The quantitative estimate of drug-likeness (QED) is 0.116. The van der Waals surface area contributed by atoms with Crippen LogP contribution in [0.4, 0.5) is 0 Å². The normalized spacial score (nSPS) is 22.8. The van der Waals surface area contributed by atoms with Crippen molar-refractivity contribution in [3.8, 4) is 0 Å². The number of aliphatic hydroxyl groups is 1. The minimum atomic E-state index is -1.49. The van der Waals surface area contributed by atoms with Gasteiger partial charge in [0, 0.05) is 25.8 Å². The van der Waals surface area contributed by atoms with Crippen molar-refractivity contribution in [3.63, 3.8) is 0 Å². The molecule has 6 rings (SSSR count). The van der Waals surface area contributed by atoms with Crippen molar-refractivity contribution in [2.24, 2.45) is 0 Å². The molecule has 3 atom stereocenters. The van der Waals surface area contributed by atoms with Gasteiger partial charge in [-0.3, -0.25) is 19.5 Å². The van der Waals surface area contributed by atoms with Crippen LogP contribution in [-0.2, 0) is 23.4 Å². The first kappa shape index (κ1) is 33.8. The summed E-state index contributed by atoms with van der Waals surface area (Å²) in [6.07, 6.45) is 9.49. The van der Waals surface area contributed by atoms with Crippen LogP contribution in [0.3, 0.4) is 0 Å². The summed E-state index contributed by atoms with van der Waals surface area (Å²) in [5, 5.41) is 25.4. The number of benzene rings is 2. The number of hydrogen-bond acceptors (Lipinski definition) is 8. The van der Waals surface area contributed by atoms with E-state index in [1.54, 1.807) is 30.5 Å². The highest BCUT2D eigenvalue weighted by Crippen LogP contribution is 2.50. The number of amides is 1. The minimum absolute atomic E-state index is 0.0200. The number of allylic oxidation sites excluding steroid dienone is 2. The van der Waals surface area contributed by atoms with Crippen LogP contribution in [0.1, 0.15) is 59.3 Å². The maximum Gasteiger partial charge on any atom is 0.320 e. The summed E-state index contributed by atoms with van der Waals surface area (Å²) in [5.41, 5.74) is 2.72. The molecule has 0 spiro atoms. The fourth-order valence-electron chi connectivity index (χ4n) is 6.50. The molecule has 1 amide bonds. The molecule has 0 saturated carbocycles. The molecule has 1 fully saturated rings. The number of oxazole rings is 1. The van der Waals surface area contributed by atoms with Gasteiger partial charge in [-0.25, -0.2) is 4.98 Å². The van der Waals surface area contributed by atoms with Gasteiger partial charge >= 0.3 is 5.97 Å². The van der Waals surface area contributed by atoms with Gasteiger partial charge in [-0.15, -0.1) is 11.6 Å². The number of halogens is 2. The zero-order chi connectivity index (χ0) is 33.9. The Balaban J connectivity index is 1.39. The maximum atomic E-state index is 14.0. The predicted octanol–water partition coefficient (Wildman–Crippen LogP) is 5.67. The van der Waals surface area contributed by atoms with Crippen LogP contribution >= 0.6 is 23.2 Å². The Morgan fingerprint density at radius 2 is 1.94 bits per heavy atom.